The summed E-state index contributed by atoms with van der Waals surface area (Å²) in [6.45, 7) is 2.82. The summed E-state index contributed by atoms with van der Waals surface area (Å²) < 4.78 is 6.91. The molecule has 0 aliphatic heterocycles. The van der Waals surface area contributed by atoms with E-state index in [9.17, 15) is 9.59 Å². The molecule has 0 fully saturated rings. The SMILES string of the molecule is CCCNC(=O)COC(=O)/C=C/c1cn(CCC#N)c2ccccc12. The Bertz CT molecular complexity index is 815. The fourth-order valence-electron chi connectivity index (χ4n) is 2.42. The second kappa shape index (κ2) is 9.28. The van der Waals surface area contributed by atoms with Crippen molar-refractivity contribution in [3.05, 3.63) is 42.1 Å². The van der Waals surface area contributed by atoms with Gasteiger partial charge in [-0.05, 0) is 18.6 Å². The molecule has 1 aromatic carbocycles. The molecule has 1 amide bonds. The van der Waals surface area contributed by atoms with E-state index in [0.29, 0.717) is 19.5 Å². The van der Waals surface area contributed by atoms with E-state index in [1.165, 1.54) is 6.08 Å². The highest BCUT2D eigenvalue weighted by Crippen LogP contribution is 2.22. The quantitative estimate of drug-likeness (QED) is 0.592. The third-order valence-corrected chi connectivity index (χ3v) is 3.60. The minimum Gasteiger partial charge on any atom is -0.452 e. The van der Waals surface area contributed by atoms with Crippen LogP contribution in [0.5, 0.6) is 0 Å². The second-order valence-electron chi connectivity index (χ2n) is 5.49. The molecule has 0 saturated heterocycles. The summed E-state index contributed by atoms with van der Waals surface area (Å²) in [7, 11) is 0. The molecule has 1 aromatic heterocycles. The van der Waals surface area contributed by atoms with Gasteiger partial charge < -0.3 is 14.6 Å². The van der Waals surface area contributed by atoms with Crippen molar-refractivity contribution in [2.75, 3.05) is 13.2 Å². The summed E-state index contributed by atoms with van der Waals surface area (Å²) in [4.78, 5) is 23.2. The lowest BCUT2D eigenvalue weighted by Gasteiger charge is -2.03. The van der Waals surface area contributed by atoms with Gasteiger partial charge in [0.2, 0.25) is 0 Å². The van der Waals surface area contributed by atoms with E-state index < -0.39 is 5.97 Å². The standard InChI is InChI=1S/C19H21N3O3/c1-2-11-21-18(23)14-25-19(24)9-8-15-13-22(12-5-10-20)17-7-4-3-6-16(15)17/h3-4,6-9,13H,2,5,11-12,14H2,1H3,(H,21,23)/b9-8+. The zero-order valence-corrected chi connectivity index (χ0v) is 14.2. The van der Waals surface area contributed by atoms with Crippen LogP contribution in [0, 0.1) is 11.3 Å². The molecular formula is C19H21N3O3. The molecule has 2 rings (SSSR count). The molecule has 0 unspecified atom stereocenters. The van der Waals surface area contributed by atoms with Crippen LogP contribution >= 0.6 is 0 Å². The molecule has 130 valence electrons. The number of ether oxygens (including phenoxy) is 1. The second-order valence-corrected chi connectivity index (χ2v) is 5.49. The molecule has 0 radical (unpaired) electrons. The third-order valence-electron chi connectivity index (χ3n) is 3.60. The van der Waals surface area contributed by atoms with Gasteiger partial charge in [-0.3, -0.25) is 4.79 Å². The summed E-state index contributed by atoms with van der Waals surface area (Å²) in [5.41, 5.74) is 1.87. The maximum Gasteiger partial charge on any atom is 0.331 e. The molecule has 1 heterocycles. The number of hydrogen-bond acceptors (Lipinski definition) is 4. The van der Waals surface area contributed by atoms with E-state index in [2.05, 4.69) is 11.4 Å². The molecule has 0 saturated carbocycles. The number of rotatable bonds is 8. The normalized spacial score (nSPS) is 10.7. The van der Waals surface area contributed by atoms with E-state index >= 15 is 0 Å². The lowest BCUT2D eigenvalue weighted by Crippen LogP contribution is -2.28. The Hall–Kier alpha value is -3.07. The van der Waals surface area contributed by atoms with Crippen molar-refractivity contribution in [3.63, 3.8) is 0 Å². The number of nitriles is 1. The van der Waals surface area contributed by atoms with Crippen LogP contribution in [0.1, 0.15) is 25.3 Å². The minimum atomic E-state index is -0.569. The van der Waals surface area contributed by atoms with E-state index in [4.69, 9.17) is 10.00 Å². The number of hydrogen-bond donors (Lipinski definition) is 1. The van der Waals surface area contributed by atoms with Crippen LogP contribution in [0.2, 0.25) is 0 Å². The van der Waals surface area contributed by atoms with Gasteiger partial charge in [0, 0.05) is 41.8 Å². The Morgan fingerprint density at radius 1 is 1.36 bits per heavy atom. The molecular weight excluding hydrogens is 318 g/mol. The molecule has 2 aromatic rings. The fourth-order valence-corrected chi connectivity index (χ4v) is 2.42. The van der Waals surface area contributed by atoms with E-state index in [1.54, 1.807) is 6.08 Å². The first kappa shape index (κ1) is 18.3. The number of carbonyl (C=O) groups is 2. The number of fused-ring (bicyclic) bond motifs is 1. The topological polar surface area (TPSA) is 84.1 Å². The van der Waals surface area contributed by atoms with Gasteiger partial charge in [-0.2, -0.15) is 5.26 Å². The monoisotopic (exact) mass is 339 g/mol. The maximum atomic E-state index is 11.8. The Morgan fingerprint density at radius 2 is 2.16 bits per heavy atom. The van der Waals surface area contributed by atoms with Gasteiger partial charge in [0.05, 0.1) is 12.5 Å². The smallest absolute Gasteiger partial charge is 0.331 e. The lowest BCUT2D eigenvalue weighted by atomic mass is 10.1. The molecule has 6 nitrogen and oxygen atoms in total. The highest BCUT2D eigenvalue weighted by atomic mass is 16.5. The number of aromatic nitrogens is 1. The predicted octanol–water partition coefficient (Wildman–Crippen LogP) is 2.64. The number of nitrogens with one attached hydrogen (secondary N) is 1. The van der Waals surface area contributed by atoms with Gasteiger partial charge >= 0.3 is 5.97 Å². The molecule has 25 heavy (non-hydrogen) atoms. The van der Waals surface area contributed by atoms with Crippen molar-refractivity contribution in [1.82, 2.24) is 9.88 Å². The number of nitrogens with zero attached hydrogens (tertiary/aromatic N) is 2. The fraction of sp³-hybridized carbons (Fsp3) is 0.316. The van der Waals surface area contributed by atoms with Crippen molar-refractivity contribution in [2.45, 2.75) is 26.3 Å². The summed E-state index contributed by atoms with van der Waals surface area (Å²) in [6.07, 6.45) is 6.12. The minimum absolute atomic E-state index is 0.285. The van der Waals surface area contributed by atoms with Crippen LogP contribution in [0.15, 0.2) is 36.5 Å². The number of amides is 1. The summed E-state index contributed by atoms with van der Waals surface area (Å²) in [5, 5.41) is 12.4. The number of carbonyl (C=O) groups excluding carboxylic acids is 2. The number of aryl methyl sites for hydroxylation is 1. The third kappa shape index (κ3) is 5.21. The van der Waals surface area contributed by atoms with Crippen LogP contribution in [-0.4, -0.2) is 29.6 Å². The number of esters is 1. The van der Waals surface area contributed by atoms with Gasteiger partial charge in [-0.25, -0.2) is 4.79 Å². The number of para-hydroxylation sites is 1. The summed E-state index contributed by atoms with van der Waals surface area (Å²) >= 11 is 0. The highest BCUT2D eigenvalue weighted by molar-refractivity contribution is 5.95. The maximum absolute atomic E-state index is 11.8. The predicted molar refractivity (Wildman–Crippen MR) is 95.5 cm³/mol. The van der Waals surface area contributed by atoms with Gasteiger partial charge in [0.25, 0.3) is 5.91 Å². The lowest BCUT2D eigenvalue weighted by molar-refractivity contribution is -0.143. The summed E-state index contributed by atoms with van der Waals surface area (Å²) in [5.74, 6) is -0.878. The molecule has 0 aliphatic carbocycles. The van der Waals surface area contributed by atoms with Crippen molar-refractivity contribution in [2.24, 2.45) is 0 Å². The average Bonchev–Trinajstić information content (AvgIpc) is 2.99. The molecule has 6 heteroatoms. The Balaban J connectivity index is 2.04. The number of benzene rings is 1. The van der Waals surface area contributed by atoms with Crippen LogP contribution in [-0.2, 0) is 20.9 Å². The van der Waals surface area contributed by atoms with Crippen molar-refractivity contribution < 1.29 is 14.3 Å². The van der Waals surface area contributed by atoms with Gasteiger partial charge in [-0.1, -0.05) is 25.1 Å². The van der Waals surface area contributed by atoms with Crippen molar-refractivity contribution in [3.8, 4) is 6.07 Å². The molecule has 1 N–H and O–H groups in total. The van der Waals surface area contributed by atoms with Crippen molar-refractivity contribution >= 4 is 28.9 Å². The molecule has 0 spiro atoms. The Kier molecular flexibility index (Phi) is 6.78. The van der Waals surface area contributed by atoms with Crippen LogP contribution in [0.4, 0.5) is 0 Å². The van der Waals surface area contributed by atoms with E-state index in [0.717, 1.165) is 22.9 Å². The zero-order chi connectivity index (χ0) is 18.1. The molecule has 0 aliphatic rings. The largest absolute Gasteiger partial charge is 0.452 e. The molecule has 0 atom stereocenters. The Labute approximate surface area is 146 Å². The van der Waals surface area contributed by atoms with Crippen LogP contribution in [0.25, 0.3) is 17.0 Å². The first-order valence-electron chi connectivity index (χ1n) is 8.22. The van der Waals surface area contributed by atoms with Gasteiger partial charge in [0.15, 0.2) is 6.61 Å². The van der Waals surface area contributed by atoms with E-state index in [-0.39, 0.29) is 12.5 Å². The van der Waals surface area contributed by atoms with E-state index in [1.807, 2.05) is 42.0 Å². The molecule has 0 bridgehead atoms. The van der Waals surface area contributed by atoms with Gasteiger partial charge in [-0.15, -0.1) is 0 Å². The highest BCUT2D eigenvalue weighted by Gasteiger charge is 2.07. The summed E-state index contributed by atoms with van der Waals surface area (Å²) in [6, 6.07) is 9.92. The van der Waals surface area contributed by atoms with Crippen LogP contribution in [0.3, 0.4) is 0 Å². The first-order chi connectivity index (χ1) is 12.2. The van der Waals surface area contributed by atoms with Gasteiger partial charge in [0.1, 0.15) is 0 Å². The first-order valence-corrected chi connectivity index (χ1v) is 8.22. The zero-order valence-electron chi connectivity index (χ0n) is 14.2. The Morgan fingerprint density at radius 3 is 2.92 bits per heavy atom. The van der Waals surface area contributed by atoms with Crippen molar-refractivity contribution in [1.29, 1.82) is 5.26 Å². The average molecular weight is 339 g/mol. The van der Waals surface area contributed by atoms with Crippen LogP contribution < -0.4 is 5.32 Å².